The maximum atomic E-state index is 11.9. The summed E-state index contributed by atoms with van der Waals surface area (Å²) in [6.45, 7) is 4.38. The summed E-state index contributed by atoms with van der Waals surface area (Å²) in [5.74, 6) is 0.664. The molecule has 2 rings (SSSR count). The number of nitrogens with one attached hydrogen (secondary N) is 1. The van der Waals surface area contributed by atoms with Gasteiger partial charge in [0.05, 0.1) is 0 Å². The van der Waals surface area contributed by atoms with Crippen molar-refractivity contribution in [3.8, 4) is 0 Å². The molecule has 1 aliphatic rings. The Morgan fingerprint density at radius 3 is 2.79 bits per heavy atom. The molecule has 1 N–H and O–H groups in total. The van der Waals surface area contributed by atoms with Crippen LogP contribution in [-0.2, 0) is 16.1 Å². The first-order valence-corrected chi connectivity index (χ1v) is 8.92. The number of carbonyl (C=O) groups excluding carboxylic acids is 2. The zero-order chi connectivity index (χ0) is 17.4. The van der Waals surface area contributed by atoms with E-state index in [2.05, 4.69) is 12.2 Å². The molecule has 1 saturated heterocycles. The SMILES string of the molecule is CC1CN(C(=O)CCl)CCCC1CNC(=O)OCc1ccccc1. The monoisotopic (exact) mass is 352 g/mol. The van der Waals surface area contributed by atoms with Crippen LogP contribution >= 0.6 is 11.6 Å². The summed E-state index contributed by atoms with van der Waals surface area (Å²) in [6, 6.07) is 9.59. The number of halogens is 1. The number of hydrogen-bond donors (Lipinski definition) is 1. The minimum atomic E-state index is -0.399. The van der Waals surface area contributed by atoms with Gasteiger partial charge in [-0.2, -0.15) is 0 Å². The Hall–Kier alpha value is -1.75. The molecule has 0 bridgehead atoms. The molecule has 132 valence electrons. The molecule has 0 aliphatic carbocycles. The van der Waals surface area contributed by atoms with Crippen LogP contribution in [0.4, 0.5) is 4.79 Å². The average Bonchev–Trinajstić information content (AvgIpc) is 2.79. The van der Waals surface area contributed by atoms with Crippen molar-refractivity contribution in [2.24, 2.45) is 11.8 Å². The number of amides is 2. The molecule has 1 aliphatic heterocycles. The summed E-state index contributed by atoms with van der Waals surface area (Å²) in [6.07, 6.45) is 1.51. The molecule has 6 heteroatoms. The highest BCUT2D eigenvalue weighted by Gasteiger charge is 2.26. The largest absolute Gasteiger partial charge is 0.445 e. The number of benzene rings is 1. The molecule has 5 nitrogen and oxygen atoms in total. The number of alkyl halides is 1. The van der Waals surface area contributed by atoms with Crippen molar-refractivity contribution in [3.63, 3.8) is 0 Å². The Balaban J connectivity index is 1.74. The van der Waals surface area contributed by atoms with E-state index in [1.54, 1.807) is 0 Å². The third-order valence-electron chi connectivity index (χ3n) is 4.50. The smallest absolute Gasteiger partial charge is 0.407 e. The molecule has 1 aromatic rings. The summed E-state index contributed by atoms with van der Waals surface area (Å²) < 4.78 is 5.23. The van der Waals surface area contributed by atoms with Crippen LogP contribution in [0.15, 0.2) is 30.3 Å². The number of rotatable bonds is 5. The van der Waals surface area contributed by atoms with Crippen molar-refractivity contribution >= 4 is 23.6 Å². The summed E-state index contributed by atoms with van der Waals surface area (Å²) >= 11 is 5.65. The quantitative estimate of drug-likeness (QED) is 0.829. The van der Waals surface area contributed by atoms with Gasteiger partial charge in [-0.15, -0.1) is 11.6 Å². The van der Waals surface area contributed by atoms with Gasteiger partial charge in [-0.05, 0) is 30.2 Å². The molecule has 0 radical (unpaired) electrons. The highest BCUT2D eigenvalue weighted by atomic mass is 35.5. The van der Waals surface area contributed by atoms with Crippen molar-refractivity contribution in [3.05, 3.63) is 35.9 Å². The normalized spacial score (nSPS) is 21.0. The fourth-order valence-electron chi connectivity index (χ4n) is 3.02. The number of ether oxygens (including phenoxy) is 1. The molecule has 0 spiro atoms. The molecule has 24 heavy (non-hydrogen) atoms. The lowest BCUT2D eigenvalue weighted by molar-refractivity contribution is -0.128. The van der Waals surface area contributed by atoms with E-state index in [-0.39, 0.29) is 18.4 Å². The second-order valence-corrected chi connectivity index (χ2v) is 6.56. The summed E-state index contributed by atoms with van der Waals surface area (Å²) in [5.41, 5.74) is 0.964. The maximum absolute atomic E-state index is 11.9. The van der Waals surface area contributed by atoms with Gasteiger partial charge in [0.25, 0.3) is 0 Å². The predicted molar refractivity (Wildman–Crippen MR) is 93.8 cm³/mol. The number of nitrogens with zero attached hydrogens (tertiary/aromatic N) is 1. The van der Waals surface area contributed by atoms with E-state index in [0.717, 1.165) is 24.9 Å². The Kier molecular flexibility index (Phi) is 7.37. The molecule has 1 fully saturated rings. The van der Waals surface area contributed by atoms with Gasteiger partial charge < -0.3 is 15.0 Å². The third kappa shape index (κ3) is 5.71. The van der Waals surface area contributed by atoms with Crippen LogP contribution in [0.3, 0.4) is 0 Å². The van der Waals surface area contributed by atoms with Gasteiger partial charge in [0.1, 0.15) is 12.5 Å². The van der Waals surface area contributed by atoms with E-state index in [1.807, 2.05) is 35.2 Å². The average molecular weight is 353 g/mol. The first kappa shape index (κ1) is 18.6. The van der Waals surface area contributed by atoms with Crippen molar-refractivity contribution in [1.29, 1.82) is 0 Å². The van der Waals surface area contributed by atoms with Crippen LogP contribution in [0.2, 0.25) is 0 Å². The minimum absolute atomic E-state index is 0.0144. The van der Waals surface area contributed by atoms with Gasteiger partial charge in [-0.25, -0.2) is 4.79 Å². The number of alkyl carbamates (subject to hydrolysis) is 1. The Bertz CT molecular complexity index is 538. The zero-order valence-electron chi connectivity index (χ0n) is 14.0. The van der Waals surface area contributed by atoms with E-state index in [1.165, 1.54) is 0 Å². The standard InChI is InChI=1S/C18H25ClN2O3/c1-14-12-21(17(22)10-19)9-5-8-16(14)11-20-18(23)24-13-15-6-3-2-4-7-15/h2-4,6-7,14,16H,5,8-13H2,1H3,(H,20,23). The van der Waals surface area contributed by atoms with Gasteiger partial charge in [-0.3, -0.25) is 4.79 Å². The second kappa shape index (κ2) is 9.52. The minimum Gasteiger partial charge on any atom is -0.445 e. The molecule has 1 heterocycles. The first-order chi connectivity index (χ1) is 11.6. The molecular formula is C18H25ClN2O3. The molecule has 2 unspecified atom stereocenters. The van der Waals surface area contributed by atoms with Gasteiger partial charge in [-0.1, -0.05) is 37.3 Å². The van der Waals surface area contributed by atoms with Crippen LogP contribution in [0.5, 0.6) is 0 Å². The number of carbonyl (C=O) groups is 2. The Morgan fingerprint density at radius 2 is 2.08 bits per heavy atom. The van der Waals surface area contributed by atoms with Gasteiger partial charge in [0.15, 0.2) is 0 Å². The lowest BCUT2D eigenvalue weighted by Crippen LogP contribution is -2.38. The van der Waals surface area contributed by atoms with Gasteiger partial charge >= 0.3 is 6.09 Å². The fraction of sp³-hybridized carbons (Fsp3) is 0.556. The van der Waals surface area contributed by atoms with E-state index in [0.29, 0.717) is 24.9 Å². The predicted octanol–water partition coefficient (Wildman–Crippen LogP) is 3.03. The molecule has 0 saturated carbocycles. The first-order valence-electron chi connectivity index (χ1n) is 8.38. The van der Waals surface area contributed by atoms with Crippen LogP contribution < -0.4 is 5.32 Å². The second-order valence-electron chi connectivity index (χ2n) is 6.30. The molecule has 2 atom stereocenters. The van der Waals surface area contributed by atoms with Crippen molar-refractivity contribution in [1.82, 2.24) is 10.2 Å². The lowest BCUT2D eigenvalue weighted by Gasteiger charge is -2.25. The van der Waals surface area contributed by atoms with Crippen molar-refractivity contribution in [2.75, 3.05) is 25.5 Å². The van der Waals surface area contributed by atoms with E-state index in [9.17, 15) is 9.59 Å². The number of hydrogen-bond acceptors (Lipinski definition) is 3. The Morgan fingerprint density at radius 1 is 1.33 bits per heavy atom. The maximum Gasteiger partial charge on any atom is 0.407 e. The van der Waals surface area contributed by atoms with Gasteiger partial charge in [0.2, 0.25) is 5.91 Å². The van der Waals surface area contributed by atoms with Crippen molar-refractivity contribution < 1.29 is 14.3 Å². The van der Waals surface area contributed by atoms with Crippen LogP contribution in [0, 0.1) is 11.8 Å². The molecule has 1 aromatic carbocycles. The summed E-state index contributed by atoms with van der Waals surface area (Å²) in [4.78, 5) is 25.4. The Labute approximate surface area is 148 Å². The fourth-order valence-corrected chi connectivity index (χ4v) is 3.19. The van der Waals surface area contributed by atoms with Crippen molar-refractivity contribution in [2.45, 2.75) is 26.4 Å². The summed E-state index contributed by atoms with van der Waals surface area (Å²) in [5, 5.41) is 2.85. The van der Waals surface area contributed by atoms with Crippen LogP contribution in [-0.4, -0.2) is 42.4 Å². The van der Waals surface area contributed by atoms with Crippen LogP contribution in [0.1, 0.15) is 25.3 Å². The summed E-state index contributed by atoms with van der Waals surface area (Å²) in [7, 11) is 0. The highest BCUT2D eigenvalue weighted by Crippen LogP contribution is 2.23. The third-order valence-corrected chi connectivity index (χ3v) is 4.73. The molecular weight excluding hydrogens is 328 g/mol. The van der Waals surface area contributed by atoms with E-state index in [4.69, 9.17) is 16.3 Å². The topological polar surface area (TPSA) is 58.6 Å². The molecule has 0 aromatic heterocycles. The van der Waals surface area contributed by atoms with E-state index < -0.39 is 6.09 Å². The molecule has 2 amide bonds. The van der Waals surface area contributed by atoms with Crippen LogP contribution in [0.25, 0.3) is 0 Å². The van der Waals surface area contributed by atoms with E-state index >= 15 is 0 Å². The zero-order valence-corrected chi connectivity index (χ0v) is 14.8. The van der Waals surface area contributed by atoms with Gasteiger partial charge in [0, 0.05) is 19.6 Å². The lowest BCUT2D eigenvalue weighted by atomic mass is 9.91. The number of likely N-dealkylation sites (tertiary alicyclic amines) is 1. The highest BCUT2D eigenvalue weighted by molar-refractivity contribution is 6.27.